The minimum absolute atomic E-state index is 0.129. The van der Waals surface area contributed by atoms with Gasteiger partial charge in [-0.1, -0.05) is 23.7 Å². The number of amides is 1. The number of nitrogens with one attached hydrogen (secondary N) is 1. The molecule has 0 spiro atoms. The molecule has 8 heteroatoms. The molecule has 2 rings (SSSR count). The predicted molar refractivity (Wildman–Crippen MR) is 109 cm³/mol. The second-order valence-electron chi connectivity index (χ2n) is 7.13. The van der Waals surface area contributed by atoms with E-state index in [2.05, 4.69) is 27.7 Å². The van der Waals surface area contributed by atoms with E-state index in [0.29, 0.717) is 17.3 Å². The molecule has 0 radical (unpaired) electrons. The van der Waals surface area contributed by atoms with Crippen LogP contribution in [0, 0.1) is 0 Å². The lowest BCUT2D eigenvalue weighted by Gasteiger charge is -2.32. The van der Waals surface area contributed by atoms with Crippen molar-refractivity contribution in [3.63, 3.8) is 0 Å². The quantitative estimate of drug-likeness (QED) is 0.463. The maximum Gasteiger partial charge on any atom is 0.492 e. The van der Waals surface area contributed by atoms with Crippen LogP contribution in [-0.4, -0.2) is 35.9 Å². The summed E-state index contributed by atoms with van der Waals surface area (Å²) >= 11 is 10.8. The molecule has 26 heavy (non-hydrogen) atoms. The molecule has 0 saturated carbocycles. The number of carbonyl (C=O) groups excluding carboxylic acids is 1. The minimum atomic E-state index is -0.565. The monoisotopic (exact) mass is 392 g/mol. The van der Waals surface area contributed by atoms with Crippen LogP contribution in [0.15, 0.2) is 28.7 Å². The number of hydrogen-bond donors (Lipinski definition) is 1. The predicted octanol–water partition coefficient (Wildman–Crippen LogP) is 4.23. The normalized spacial score (nSPS) is 18.4. The Labute approximate surface area is 165 Å². The molecule has 1 saturated heterocycles. The molecule has 1 aromatic carbocycles. The van der Waals surface area contributed by atoms with Crippen molar-refractivity contribution in [3.8, 4) is 0 Å². The first kappa shape index (κ1) is 20.8. The van der Waals surface area contributed by atoms with Crippen molar-refractivity contribution in [1.29, 1.82) is 0 Å². The third-order valence-electron chi connectivity index (χ3n) is 4.59. The summed E-state index contributed by atoms with van der Waals surface area (Å²) in [6, 6.07) is 5.39. The Kier molecular flexibility index (Phi) is 6.43. The van der Waals surface area contributed by atoms with Crippen LogP contribution in [0.25, 0.3) is 6.08 Å². The molecule has 0 atom stereocenters. The van der Waals surface area contributed by atoms with Gasteiger partial charge in [0.2, 0.25) is 5.91 Å². The van der Waals surface area contributed by atoms with E-state index in [4.69, 9.17) is 20.9 Å². The zero-order chi connectivity index (χ0) is 19.5. The molecule has 0 aliphatic carbocycles. The van der Waals surface area contributed by atoms with Gasteiger partial charge in [0, 0.05) is 13.5 Å². The number of rotatable bonds is 5. The molecule has 1 fully saturated rings. The van der Waals surface area contributed by atoms with Gasteiger partial charge in [-0.05, 0) is 63.1 Å². The molecule has 0 bridgehead atoms. The molecule has 138 valence electrons. The average molecular weight is 393 g/mol. The average Bonchev–Trinajstić information content (AvgIpc) is 2.74. The fourth-order valence-electron chi connectivity index (χ4n) is 2.39. The Hall–Kier alpha value is -1.50. The second-order valence-corrected chi connectivity index (χ2v) is 7.72. The minimum Gasteiger partial charge on any atom is -0.400 e. The van der Waals surface area contributed by atoms with Crippen LogP contribution in [0.2, 0.25) is 5.02 Å². The van der Waals surface area contributed by atoms with E-state index in [9.17, 15) is 4.79 Å². The van der Waals surface area contributed by atoms with Crippen molar-refractivity contribution in [2.45, 2.75) is 45.8 Å². The van der Waals surface area contributed by atoms with Gasteiger partial charge in [0.15, 0.2) is 0 Å². The molecule has 1 N–H and O–H groups in total. The molecule has 5 nitrogen and oxygen atoms in total. The van der Waals surface area contributed by atoms with E-state index in [1.807, 2.05) is 39.8 Å². The van der Waals surface area contributed by atoms with Gasteiger partial charge in [-0.15, -0.1) is 0 Å². The van der Waals surface area contributed by atoms with Crippen molar-refractivity contribution in [2.24, 2.45) is 4.99 Å². The number of isothiocyanates is 1. The van der Waals surface area contributed by atoms with Crippen LogP contribution in [0.4, 0.5) is 5.69 Å². The first-order valence-electron chi connectivity index (χ1n) is 8.24. The molecular formula is C18H22BClN2O3S. The Bertz CT molecular complexity index is 773. The van der Waals surface area contributed by atoms with E-state index >= 15 is 0 Å². The summed E-state index contributed by atoms with van der Waals surface area (Å²) in [6.45, 7) is 9.71. The van der Waals surface area contributed by atoms with Gasteiger partial charge < -0.3 is 14.6 Å². The van der Waals surface area contributed by atoms with Crippen LogP contribution in [0.5, 0.6) is 0 Å². The van der Waals surface area contributed by atoms with Gasteiger partial charge in [-0.2, -0.15) is 4.99 Å². The Balaban J connectivity index is 2.36. The number of aliphatic imine (C=N–C) groups is 1. The summed E-state index contributed by atoms with van der Waals surface area (Å²) in [6.07, 6.45) is 1.90. The highest BCUT2D eigenvalue weighted by atomic mass is 35.5. The second kappa shape index (κ2) is 8.03. The molecule has 1 aromatic rings. The fourth-order valence-corrected chi connectivity index (χ4v) is 2.72. The zero-order valence-electron chi connectivity index (χ0n) is 15.6. The van der Waals surface area contributed by atoms with Crippen LogP contribution in [-0.2, 0) is 14.1 Å². The van der Waals surface area contributed by atoms with Crippen molar-refractivity contribution in [1.82, 2.24) is 5.32 Å². The van der Waals surface area contributed by atoms with Crippen LogP contribution < -0.4 is 5.32 Å². The molecule has 1 amide bonds. The van der Waals surface area contributed by atoms with Gasteiger partial charge in [-0.25, -0.2) is 0 Å². The summed E-state index contributed by atoms with van der Waals surface area (Å²) in [7, 11) is -0.565. The summed E-state index contributed by atoms with van der Waals surface area (Å²) in [5.41, 5.74) is 1.25. The highest BCUT2D eigenvalue weighted by Gasteiger charge is 2.52. The number of carbonyl (C=O) groups is 1. The van der Waals surface area contributed by atoms with Gasteiger partial charge in [0.1, 0.15) is 0 Å². The molecule has 1 aliphatic heterocycles. The number of hydrogen-bond acceptors (Lipinski definition) is 5. The summed E-state index contributed by atoms with van der Waals surface area (Å²) < 4.78 is 12.2. The van der Waals surface area contributed by atoms with Crippen LogP contribution in [0.1, 0.15) is 40.2 Å². The van der Waals surface area contributed by atoms with Crippen molar-refractivity contribution >= 4 is 53.8 Å². The van der Waals surface area contributed by atoms with E-state index in [1.54, 1.807) is 12.1 Å². The van der Waals surface area contributed by atoms with Crippen molar-refractivity contribution < 1.29 is 14.1 Å². The van der Waals surface area contributed by atoms with E-state index in [-0.39, 0.29) is 5.91 Å². The lowest BCUT2D eigenvalue weighted by molar-refractivity contribution is -0.118. The van der Waals surface area contributed by atoms with Gasteiger partial charge >= 0.3 is 7.12 Å². The van der Waals surface area contributed by atoms with Crippen LogP contribution >= 0.6 is 23.8 Å². The largest absolute Gasteiger partial charge is 0.492 e. The maximum absolute atomic E-state index is 11.4. The third kappa shape index (κ3) is 4.81. The standard InChI is InChI=1S/C18H22BClN2O3S/c1-12(23)21-10-14(19-24-17(2,3)18(4,5)25-19)8-13-6-7-16(22-11-26)15(20)9-13/h6-9H,10H2,1-5H3,(H,21,23). The van der Waals surface area contributed by atoms with Gasteiger partial charge in [0.05, 0.1) is 27.1 Å². The van der Waals surface area contributed by atoms with Crippen LogP contribution in [0.3, 0.4) is 0 Å². The lowest BCUT2D eigenvalue weighted by atomic mass is 9.77. The highest BCUT2D eigenvalue weighted by molar-refractivity contribution is 7.78. The van der Waals surface area contributed by atoms with Gasteiger partial charge in [0.25, 0.3) is 0 Å². The van der Waals surface area contributed by atoms with E-state index in [0.717, 1.165) is 11.0 Å². The number of nitrogens with zero attached hydrogens (tertiary/aromatic N) is 1. The number of benzene rings is 1. The zero-order valence-corrected chi connectivity index (χ0v) is 17.1. The first-order valence-corrected chi connectivity index (χ1v) is 9.02. The van der Waals surface area contributed by atoms with Crippen molar-refractivity contribution in [2.75, 3.05) is 6.54 Å². The molecule has 0 aromatic heterocycles. The lowest BCUT2D eigenvalue weighted by Crippen LogP contribution is -2.41. The van der Waals surface area contributed by atoms with E-state index < -0.39 is 18.3 Å². The smallest absolute Gasteiger partial charge is 0.400 e. The number of halogens is 1. The topological polar surface area (TPSA) is 59.9 Å². The molecule has 1 aliphatic rings. The summed E-state index contributed by atoms with van der Waals surface area (Å²) in [5, 5.41) is 5.56. The Morgan fingerprint density at radius 2 is 1.96 bits per heavy atom. The summed E-state index contributed by atoms with van der Waals surface area (Å²) in [4.78, 5) is 15.3. The maximum atomic E-state index is 11.4. The number of thiocarbonyl (C=S) groups is 1. The Morgan fingerprint density at radius 3 is 2.46 bits per heavy atom. The molecule has 0 unspecified atom stereocenters. The molecular weight excluding hydrogens is 371 g/mol. The molecule has 1 heterocycles. The van der Waals surface area contributed by atoms with E-state index in [1.165, 1.54) is 6.92 Å². The SMILES string of the molecule is CC(=O)NCC(=Cc1ccc(N=C=S)c(Cl)c1)B1OC(C)(C)C(C)(C)O1. The third-order valence-corrected chi connectivity index (χ3v) is 4.98. The van der Waals surface area contributed by atoms with Gasteiger partial charge in [-0.3, -0.25) is 4.79 Å². The highest BCUT2D eigenvalue weighted by Crippen LogP contribution is 2.39. The first-order chi connectivity index (χ1) is 12.1. The Morgan fingerprint density at radius 1 is 1.35 bits per heavy atom. The van der Waals surface area contributed by atoms with Crippen molar-refractivity contribution in [3.05, 3.63) is 34.3 Å². The fraction of sp³-hybridized carbons (Fsp3) is 0.444. The summed E-state index contributed by atoms with van der Waals surface area (Å²) in [5.74, 6) is -0.129.